The maximum atomic E-state index is 5.90. The number of hydrogen-bond acceptors (Lipinski definition) is 3. The van der Waals surface area contributed by atoms with Crippen molar-refractivity contribution in [3.05, 3.63) is 51.2 Å². The van der Waals surface area contributed by atoms with Crippen molar-refractivity contribution in [1.82, 2.24) is 5.32 Å². The zero-order valence-corrected chi connectivity index (χ0v) is 14.4. The molecule has 1 N–H and O–H groups in total. The van der Waals surface area contributed by atoms with Crippen LogP contribution in [0.5, 0.6) is 5.75 Å². The number of thiophene rings is 1. The molecule has 0 aliphatic carbocycles. The van der Waals surface area contributed by atoms with E-state index in [1.165, 1.54) is 20.9 Å². The molecule has 0 unspecified atom stereocenters. The van der Waals surface area contributed by atoms with Crippen LogP contribution in [0.3, 0.4) is 0 Å². The van der Waals surface area contributed by atoms with Crippen molar-refractivity contribution in [1.29, 1.82) is 0 Å². The van der Waals surface area contributed by atoms with E-state index in [0.717, 1.165) is 12.3 Å². The first-order valence-corrected chi connectivity index (χ1v) is 8.17. The van der Waals surface area contributed by atoms with Gasteiger partial charge >= 0.3 is 0 Å². The molecule has 21 heavy (non-hydrogen) atoms. The lowest BCUT2D eigenvalue weighted by Crippen LogP contribution is -2.34. The minimum Gasteiger partial charge on any atom is -0.488 e. The molecule has 0 fully saturated rings. The molecule has 0 aliphatic heterocycles. The van der Waals surface area contributed by atoms with Crippen molar-refractivity contribution in [2.45, 2.75) is 53.3 Å². The van der Waals surface area contributed by atoms with E-state index in [1.54, 1.807) is 0 Å². The van der Waals surface area contributed by atoms with Crippen molar-refractivity contribution >= 4 is 11.3 Å². The molecule has 3 heteroatoms. The maximum absolute atomic E-state index is 5.90. The van der Waals surface area contributed by atoms with Gasteiger partial charge in [-0.15, -0.1) is 11.3 Å². The lowest BCUT2D eigenvalue weighted by atomic mass is 10.1. The smallest absolute Gasteiger partial charge is 0.122 e. The van der Waals surface area contributed by atoms with Crippen LogP contribution in [0.2, 0.25) is 0 Å². The number of aryl methyl sites for hydroxylation is 2. The van der Waals surface area contributed by atoms with E-state index in [4.69, 9.17) is 4.74 Å². The van der Waals surface area contributed by atoms with Gasteiger partial charge in [-0.05, 0) is 70.0 Å². The average molecular weight is 303 g/mol. The second-order valence-corrected chi connectivity index (χ2v) is 7.84. The highest BCUT2D eigenvalue weighted by molar-refractivity contribution is 7.11. The van der Waals surface area contributed by atoms with E-state index in [-0.39, 0.29) is 5.54 Å². The molecule has 1 aromatic heterocycles. The lowest BCUT2D eigenvalue weighted by Gasteiger charge is -2.19. The van der Waals surface area contributed by atoms with Crippen LogP contribution < -0.4 is 10.1 Å². The van der Waals surface area contributed by atoms with Crippen LogP contribution in [-0.2, 0) is 13.2 Å². The van der Waals surface area contributed by atoms with Crippen LogP contribution in [0.1, 0.15) is 41.7 Å². The van der Waals surface area contributed by atoms with Gasteiger partial charge in [0.1, 0.15) is 12.4 Å². The third kappa shape index (κ3) is 5.52. The van der Waals surface area contributed by atoms with E-state index < -0.39 is 0 Å². The van der Waals surface area contributed by atoms with Gasteiger partial charge in [0.05, 0.1) is 0 Å². The molecule has 114 valence electrons. The first-order valence-electron chi connectivity index (χ1n) is 7.35. The number of ether oxygens (including phenoxy) is 1. The van der Waals surface area contributed by atoms with Gasteiger partial charge in [-0.25, -0.2) is 0 Å². The summed E-state index contributed by atoms with van der Waals surface area (Å²) >= 11 is 1.81. The van der Waals surface area contributed by atoms with Gasteiger partial charge < -0.3 is 10.1 Å². The molecule has 0 saturated heterocycles. The summed E-state index contributed by atoms with van der Waals surface area (Å²) in [5.41, 5.74) is 2.64. The minimum absolute atomic E-state index is 0.153. The normalized spacial score (nSPS) is 11.7. The predicted octanol–water partition coefficient (Wildman–Crippen LogP) is 4.83. The van der Waals surface area contributed by atoms with Gasteiger partial charge in [-0.2, -0.15) is 0 Å². The third-order valence-electron chi connectivity index (χ3n) is 3.09. The number of benzene rings is 1. The first kappa shape index (κ1) is 16.1. The Morgan fingerprint density at radius 2 is 1.62 bits per heavy atom. The molecule has 2 rings (SSSR count). The Bertz CT molecular complexity index is 575. The number of rotatable bonds is 5. The molecule has 1 aromatic carbocycles. The Labute approximate surface area is 132 Å². The Morgan fingerprint density at radius 1 is 1.00 bits per heavy atom. The van der Waals surface area contributed by atoms with Crippen LogP contribution in [0.25, 0.3) is 0 Å². The zero-order valence-electron chi connectivity index (χ0n) is 13.6. The van der Waals surface area contributed by atoms with Crippen molar-refractivity contribution in [2.24, 2.45) is 0 Å². The van der Waals surface area contributed by atoms with Gasteiger partial charge in [-0.3, -0.25) is 0 Å². The fraction of sp³-hybridized carbons (Fsp3) is 0.444. The summed E-state index contributed by atoms with van der Waals surface area (Å²) in [7, 11) is 0. The highest BCUT2D eigenvalue weighted by atomic mass is 32.1. The Balaban J connectivity index is 1.90. The fourth-order valence-electron chi connectivity index (χ4n) is 2.12. The number of hydrogen-bond donors (Lipinski definition) is 1. The summed E-state index contributed by atoms with van der Waals surface area (Å²) in [6.45, 7) is 12.3. The summed E-state index contributed by atoms with van der Waals surface area (Å²) < 4.78 is 5.90. The molecule has 0 aliphatic rings. The molecule has 2 nitrogen and oxygen atoms in total. The zero-order chi connectivity index (χ0) is 15.5. The van der Waals surface area contributed by atoms with Crippen molar-refractivity contribution < 1.29 is 4.74 Å². The average Bonchev–Trinajstić information content (AvgIpc) is 2.80. The largest absolute Gasteiger partial charge is 0.488 e. The van der Waals surface area contributed by atoms with E-state index >= 15 is 0 Å². The van der Waals surface area contributed by atoms with E-state index in [1.807, 2.05) is 11.3 Å². The van der Waals surface area contributed by atoms with Gasteiger partial charge in [-0.1, -0.05) is 6.07 Å². The molecular formula is C18H25NOS. The van der Waals surface area contributed by atoms with Gasteiger partial charge in [0.15, 0.2) is 0 Å². The topological polar surface area (TPSA) is 21.3 Å². The standard InChI is InChI=1S/C18H25NOS/c1-13-8-14(2)10-15(9-13)20-12-17-7-6-16(21-17)11-19-18(3,4)5/h6-10,19H,11-12H2,1-5H3. The van der Waals surface area contributed by atoms with Gasteiger partial charge in [0, 0.05) is 21.8 Å². The van der Waals surface area contributed by atoms with Crippen molar-refractivity contribution in [3.63, 3.8) is 0 Å². The van der Waals surface area contributed by atoms with Crippen molar-refractivity contribution in [2.75, 3.05) is 0 Å². The molecule has 0 amide bonds. The van der Waals surface area contributed by atoms with Crippen LogP contribution in [0.4, 0.5) is 0 Å². The fourth-order valence-corrected chi connectivity index (χ4v) is 2.99. The molecular weight excluding hydrogens is 278 g/mol. The van der Waals surface area contributed by atoms with Crippen LogP contribution in [0.15, 0.2) is 30.3 Å². The monoisotopic (exact) mass is 303 g/mol. The van der Waals surface area contributed by atoms with Crippen LogP contribution in [0, 0.1) is 13.8 Å². The lowest BCUT2D eigenvalue weighted by molar-refractivity contribution is 0.309. The van der Waals surface area contributed by atoms with Gasteiger partial charge in [0.2, 0.25) is 0 Å². The van der Waals surface area contributed by atoms with Crippen LogP contribution >= 0.6 is 11.3 Å². The minimum atomic E-state index is 0.153. The highest BCUT2D eigenvalue weighted by Crippen LogP contribution is 2.21. The summed E-state index contributed by atoms with van der Waals surface area (Å²) in [5.74, 6) is 0.954. The summed E-state index contributed by atoms with van der Waals surface area (Å²) in [5, 5.41) is 3.51. The second kappa shape index (κ2) is 6.63. The maximum Gasteiger partial charge on any atom is 0.122 e. The Hall–Kier alpha value is -1.32. The van der Waals surface area contributed by atoms with E-state index in [0.29, 0.717) is 6.61 Å². The summed E-state index contributed by atoms with van der Waals surface area (Å²) in [4.78, 5) is 2.61. The quantitative estimate of drug-likeness (QED) is 0.854. The third-order valence-corrected chi connectivity index (χ3v) is 4.15. The molecule has 1 heterocycles. The van der Waals surface area contributed by atoms with Crippen LogP contribution in [-0.4, -0.2) is 5.54 Å². The van der Waals surface area contributed by atoms with E-state index in [9.17, 15) is 0 Å². The molecule has 0 spiro atoms. The van der Waals surface area contributed by atoms with Crippen molar-refractivity contribution in [3.8, 4) is 5.75 Å². The van der Waals surface area contributed by atoms with Gasteiger partial charge in [0.25, 0.3) is 0 Å². The molecule has 2 aromatic rings. The summed E-state index contributed by atoms with van der Waals surface area (Å²) in [6.07, 6.45) is 0. The molecule has 0 saturated carbocycles. The second-order valence-electron chi connectivity index (χ2n) is 6.58. The SMILES string of the molecule is Cc1cc(C)cc(OCc2ccc(CNC(C)(C)C)s2)c1. The first-order chi connectivity index (χ1) is 9.82. The Morgan fingerprint density at radius 3 is 2.24 bits per heavy atom. The molecule has 0 radical (unpaired) electrons. The predicted molar refractivity (Wildman–Crippen MR) is 91.2 cm³/mol. The van der Waals surface area contributed by atoms with E-state index in [2.05, 4.69) is 70.3 Å². The highest BCUT2D eigenvalue weighted by Gasteiger charge is 2.09. The summed E-state index contributed by atoms with van der Waals surface area (Å²) in [6, 6.07) is 10.7. The molecule has 0 atom stereocenters. The number of nitrogens with one attached hydrogen (secondary N) is 1. The molecule has 0 bridgehead atoms. The Kier molecular flexibility index (Phi) is 5.07.